The van der Waals surface area contributed by atoms with Crippen LogP contribution in [0.15, 0.2) is 18.3 Å². The van der Waals surface area contributed by atoms with Crippen LogP contribution in [-0.4, -0.2) is 11.6 Å². The Balaban J connectivity index is 1.78. The van der Waals surface area contributed by atoms with Gasteiger partial charge in [-0.2, -0.15) is 5.26 Å². The molecule has 0 atom stereocenters. The molecule has 1 saturated carbocycles. The fourth-order valence-electron chi connectivity index (χ4n) is 2.15. The monoisotopic (exact) mass is 216 g/mol. The quantitative estimate of drug-likeness (QED) is 0.777. The molecule has 0 N–H and O–H groups in total. The Labute approximate surface area is 96.1 Å². The molecule has 2 rings (SSSR count). The molecule has 0 saturated heterocycles. The van der Waals surface area contributed by atoms with Gasteiger partial charge in [0.2, 0.25) is 0 Å². The Bertz CT molecular complexity index is 378. The van der Waals surface area contributed by atoms with Gasteiger partial charge < -0.3 is 4.74 Å². The van der Waals surface area contributed by atoms with Crippen molar-refractivity contribution in [1.29, 1.82) is 5.26 Å². The maximum absolute atomic E-state index is 8.71. The summed E-state index contributed by atoms with van der Waals surface area (Å²) >= 11 is 0. The van der Waals surface area contributed by atoms with Crippen LogP contribution >= 0.6 is 0 Å². The second-order valence-corrected chi connectivity index (χ2v) is 4.33. The third kappa shape index (κ3) is 3.04. The van der Waals surface area contributed by atoms with E-state index in [-0.39, 0.29) is 0 Å². The van der Waals surface area contributed by atoms with Crippen LogP contribution in [0.4, 0.5) is 0 Å². The molecule has 84 valence electrons. The summed E-state index contributed by atoms with van der Waals surface area (Å²) < 4.78 is 5.67. The summed E-state index contributed by atoms with van der Waals surface area (Å²) in [6.07, 6.45) is 6.97. The van der Waals surface area contributed by atoms with Crippen LogP contribution in [-0.2, 0) is 11.3 Å². The first kappa shape index (κ1) is 11.1. The van der Waals surface area contributed by atoms with E-state index in [9.17, 15) is 0 Å². The molecule has 0 spiro atoms. The first-order valence-electron chi connectivity index (χ1n) is 5.81. The maximum Gasteiger partial charge on any atom is 0.140 e. The molecule has 3 heteroatoms. The van der Waals surface area contributed by atoms with E-state index in [0.717, 1.165) is 18.1 Å². The number of aromatic nitrogens is 1. The minimum atomic E-state index is 0.460. The van der Waals surface area contributed by atoms with Gasteiger partial charge in [0, 0.05) is 12.8 Å². The van der Waals surface area contributed by atoms with Gasteiger partial charge in [-0.3, -0.25) is 0 Å². The number of nitriles is 1. The average Bonchev–Trinajstić information content (AvgIpc) is 2.82. The second-order valence-electron chi connectivity index (χ2n) is 4.33. The highest BCUT2D eigenvalue weighted by Crippen LogP contribution is 2.24. The number of hydrogen-bond donors (Lipinski definition) is 0. The summed E-state index contributed by atoms with van der Waals surface area (Å²) in [7, 11) is 0. The number of hydrogen-bond acceptors (Lipinski definition) is 3. The topological polar surface area (TPSA) is 45.9 Å². The summed E-state index contributed by atoms with van der Waals surface area (Å²) in [6, 6.07) is 5.72. The minimum Gasteiger partial charge on any atom is -0.376 e. The summed E-state index contributed by atoms with van der Waals surface area (Å²) in [4.78, 5) is 3.93. The average molecular weight is 216 g/mol. The number of nitrogens with zero attached hydrogens (tertiary/aromatic N) is 2. The molecule has 0 aromatic carbocycles. The van der Waals surface area contributed by atoms with Crippen LogP contribution < -0.4 is 0 Å². The molecule has 3 nitrogen and oxygen atoms in total. The van der Waals surface area contributed by atoms with Crippen LogP contribution in [0.3, 0.4) is 0 Å². The van der Waals surface area contributed by atoms with Gasteiger partial charge in [0.15, 0.2) is 0 Å². The predicted octanol–water partition coefficient (Wildman–Crippen LogP) is 2.66. The normalized spacial score (nSPS) is 16.2. The lowest BCUT2D eigenvalue weighted by Gasteiger charge is -2.09. The van der Waals surface area contributed by atoms with Crippen molar-refractivity contribution in [3.05, 3.63) is 29.6 Å². The van der Waals surface area contributed by atoms with Crippen molar-refractivity contribution >= 4 is 0 Å². The minimum absolute atomic E-state index is 0.460. The highest BCUT2D eigenvalue weighted by molar-refractivity contribution is 5.24. The lowest BCUT2D eigenvalue weighted by Crippen LogP contribution is -2.05. The first-order valence-corrected chi connectivity index (χ1v) is 5.81. The zero-order chi connectivity index (χ0) is 11.2. The van der Waals surface area contributed by atoms with Crippen molar-refractivity contribution < 1.29 is 4.74 Å². The van der Waals surface area contributed by atoms with Gasteiger partial charge in [0.1, 0.15) is 11.8 Å². The van der Waals surface area contributed by atoms with E-state index < -0.39 is 0 Å². The summed E-state index contributed by atoms with van der Waals surface area (Å²) in [6.45, 7) is 1.44. The van der Waals surface area contributed by atoms with Gasteiger partial charge in [-0.25, -0.2) is 4.98 Å². The standard InChI is InChI=1S/C13H16N2O/c14-8-13-7-12(5-6-15-13)10-16-9-11-3-1-2-4-11/h5-7,11H,1-4,9-10H2. The van der Waals surface area contributed by atoms with E-state index in [1.54, 1.807) is 12.3 Å². The zero-order valence-corrected chi connectivity index (χ0v) is 9.35. The third-order valence-corrected chi connectivity index (χ3v) is 3.04. The molecule has 1 aliphatic carbocycles. The van der Waals surface area contributed by atoms with Crippen molar-refractivity contribution in [3.8, 4) is 6.07 Å². The van der Waals surface area contributed by atoms with Gasteiger partial charge in [-0.05, 0) is 36.5 Å². The first-order chi connectivity index (χ1) is 7.88. The molecule has 16 heavy (non-hydrogen) atoms. The molecule has 0 radical (unpaired) electrons. The van der Waals surface area contributed by atoms with Crippen LogP contribution in [0.2, 0.25) is 0 Å². The van der Waals surface area contributed by atoms with Crippen molar-refractivity contribution in [2.24, 2.45) is 5.92 Å². The van der Waals surface area contributed by atoms with E-state index in [0.29, 0.717) is 12.3 Å². The molecule has 0 amide bonds. The molecule has 0 bridgehead atoms. The lowest BCUT2D eigenvalue weighted by atomic mass is 10.1. The van der Waals surface area contributed by atoms with Crippen molar-refractivity contribution in [2.75, 3.05) is 6.61 Å². The van der Waals surface area contributed by atoms with Gasteiger partial charge in [0.25, 0.3) is 0 Å². The highest BCUT2D eigenvalue weighted by Gasteiger charge is 2.14. The number of pyridine rings is 1. The van der Waals surface area contributed by atoms with Crippen LogP contribution in [0, 0.1) is 17.2 Å². The molecule has 1 heterocycles. The van der Waals surface area contributed by atoms with Crippen LogP contribution in [0.1, 0.15) is 36.9 Å². The largest absolute Gasteiger partial charge is 0.376 e. The molecular weight excluding hydrogens is 200 g/mol. The van der Waals surface area contributed by atoms with E-state index in [2.05, 4.69) is 4.98 Å². The molecular formula is C13H16N2O. The van der Waals surface area contributed by atoms with Gasteiger partial charge in [-0.1, -0.05) is 12.8 Å². The van der Waals surface area contributed by atoms with Crippen molar-refractivity contribution in [2.45, 2.75) is 32.3 Å². The molecule has 1 aromatic heterocycles. The Hall–Kier alpha value is -1.40. The fourth-order valence-corrected chi connectivity index (χ4v) is 2.15. The molecule has 1 fully saturated rings. The highest BCUT2D eigenvalue weighted by atomic mass is 16.5. The summed E-state index contributed by atoms with van der Waals surface area (Å²) in [5.41, 5.74) is 1.49. The Morgan fingerprint density at radius 2 is 2.25 bits per heavy atom. The van der Waals surface area contributed by atoms with Crippen molar-refractivity contribution in [1.82, 2.24) is 4.98 Å². The van der Waals surface area contributed by atoms with E-state index in [1.165, 1.54) is 25.7 Å². The Morgan fingerprint density at radius 3 is 3.00 bits per heavy atom. The van der Waals surface area contributed by atoms with Gasteiger partial charge in [-0.15, -0.1) is 0 Å². The Kier molecular flexibility index (Phi) is 3.90. The molecule has 1 aliphatic rings. The second kappa shape index (κ2) is 5.62. The molecule has 0 aliphatic heterocycles. The smallest absolute Gasteiger partial charge is 0.140 e. The van der Waals surface area contributed by atoms with E-state index in [4.69, 9.17) is 10.00 Å². The lowest BCUT2D eigenvalue weighted by molar-refractivity contribution is 0.0888. The Morgan fingerprint density at radius 1 is 1.44 bits per heavy atom. The van der Waals surface area contributed by atoms with Gasteiger partial charge >= 0.3 is 0 Å². The maximum atomic E-state index is 8.71. The number of rotatable bonds is 4. The fraction of sp³-hybridized carbons (Fsp3) is 0.538. The molecule has 0 unspecified atom stereocenters. The van der Waals surface area contributed by atoms with Crippen LogP contribution in [0.5, 0.6) is 0 Å². The van der Waals surface area contributed by atoms with Crippen molar-refractivity contribution in [3.63, 3.8) is 0 Å². The molecule has 1 aromatic rings. The summed E-state index contributed by atoms with van der Waals surface area (Å²) in [5, 5.41) is 8.71. The predicted molar refractivity (Wildman–Crippen MR) is 60.6 cm³/mol. The summed E-state index contributed by atoms with van der Waals surface area (Å²) in [5.74, 6) is 0.747. The SMILES string of the molecule is N#Cc1cc(COCC2CCCC2)ccn1. The van der Waals surface area contributed by atoms with Crippen LogP contribution in [0.25, 0.3) is 0 Å². The van der Waals surface area contributed by atoms with E-state index in [1.807, 2.05) is 12.1 Å². The third-order valence-electron chi connectivity index (χ3n) is 3.04. The van der Waals surface area contributed by atoms with Gasteiger partial charge in [0.05, 0.1) is 6.61 Å². The number of ether oxygens (including phenoxy) is 1. The van der Waals surface area contributed by atoms with E-state index >= 15 is 0 Å². The zero-order valence-electron chi connectivity index (χ0n) is 9.35.